The number of carbonyl (C=O) groups is 1. The van der Waals surface area contributed by atoms with Gasteiger partial charge in [0.25, 0.3) is 0 Å². The number of hydrogen-bond acceptors (Lipinski definition) is 3. The summed E-state index contributed by atoms with van der Waals surface area (Å²) in [6, 6.07) is 20.3. The van der Waals surface area contributed by atoms with E-state index in [1.807, 2.05) is 30.3 Å². The monoisotopic (exact) mass is 492 g/mol. The first-order valence-corrected chi connectivity index (χ1v) is 12.3. The Labute approximate surface area is 211 Å². The second-order valence-electron chi connectivity index (χ2n) is 8.95. The van der Waals surface area contributed by atoms with Crippen LogP contribution >= 0.6 is 0 Å². The Hall–Kier alpha value is -3.51. The Morgan fingerprint density at radius 3 is 2.33 bits per heavy atom. The standard InChI is InChI=1S/C22H25NO2.C8H9F2N/c1-4-12-25-18-10-11-19-20(15-24)22(16(2)3)23(21(19)13-18)14-17-8-6-5-7-9-17;1-11-5-6-2-3-7(9)8(10)4-6/h5-11,13,15-16H,4,12,14H2,1-3H3;2-4,11H,5H2,1H3. The summed E-state index contributed by atoms with van der Waals surface area (Å²) in [6.45, 7) is 8.36. The summed E-state index contributed by atoms with van der Waals surface area (Å²) < 4.78 is 32.9. The molecule has 1 heterocycles. The van der Waals surface area contributed by atoms with Crippen molar-refractivity contribution in [2.45, 2.75) is 46.2 Å². The van der Waals surface area contributed by atoms with Crippen molar-refractivity contribution in [1.82, 2.24) is 9.88 Å². The smallest absolute Gasteiger partial charge is 0.159 e. The van der Waals surface area contributed by atoms with Crippen LogP contribution in [0.4, 0.5) is 8.78 Å². The van der Waals surface area contributed by atoms with Crippen LogP contribution in [0.5, 0.6) is 5.75 Å². The van der Waals surface area contributed by atoms with Gasteiger partial charge < -0.3 is 14.6 Å². The van der Waals surface area contributed by atoms with Gasteiger partial charge in [-0.1, -0.05) is 57.2 Å². The number of aldehydes is 1. The molecule has 0 amide bonds. The lowest BCUT2D eigenvalue weighted by Gasteiger charge is -2.14. The van der Waals surface area contributed by atoms with E-state index in [1.54, 1.807) is 13.1 Å². The fraction of sp³-hybridized carbons (Fsp3) is 0.300. The maximum atomic E-state index is 12.5. The Morgan fingerprint density at radius 2 is 1.72 bits per heavy atom. The molecular weight excluding hydrogens is 458 g/mol. The fourth-order valence-electron chi connectivity index (χ4n) is 4.22. The molecule has 0 atom stereocenters. The zero-order valence-electron chi connectivity index (χ0n) is 21.4. The summed E-state index contributed by atoms with van der Waals surface area (Å²) in [5.74, 6) is -0.479. The van der Waals surface area contributed by atoms with Gasteiger partial charge in [-0.25, -0.2) is 8.78 Å². The lowest BCUT2D eigenvalue weighted by atomic mass is 10.0. The first-order chi connectivity index (χ1) is 17.4. The number of aromatic nitrogens is 1. The first kappa shape index (κ1) is 27.1. The van der Waals surface area contributed by atoms with Gasteiger partial charge in [-0.3, -0.25) is 4.79 Å². The fourth-order valence-corrected chi connectivity index (χ4v) is 4.22. The molecule has 3 aromatic carbocycles. The van der Waals surface area contributed by atoms with Crippen molar-refractivity contribution >= 4 is 17.2 Å². The van der Waals surface area contributed by atoms with Crippen LogP contribution in [0.3, 0.4) is 0 Å². The van der Waals surface area contributed by atoms with Crippen LogP contribution in [0.25, 0.3) is 10.9 Å². The highest BCUT2D eigenvalue weighted by atomic mass is 19.2. The van der Waals surface area contributed by atoms with Gasteiger partial charge >= 0.3 is 0 Å². The number of rotatable bonds is 9. The van der Waals surface area contributed by atoms with E-state index in [0.717, 1.165) is 58.8 Å². The Morgan fingerprint density at radius 1 is 0.972 bits per heavy atom. The largest absolute Gasteiger partial charge is 0.494 e. The molecule has 4 rings (SSSR count). The van der Waals surface area contributed by atoms with Crippen molar-refractivity contribution in [3.05, 3.63) is 101 Å². The zero-order chi connectivity index (χ0) is 26.1. The summed E-state index contributed by atoms with van der Waals surface area (Å²) in [5.41, 5.74) is 4.90. The predicted octanol–water partition coefficient (Wildman–Crippen LogP) is 7.10. The van der Waals surface area contributed by atoms with Crippen molar-refractivity contribution in [1.29, 1.82) is 0 Å². The quantitative estimate of drug-likeness (QED) is 0.254. The molecular formula is C30H34F2N2O2. The topological polar surface area (TPSA) is 43.3 Å². The average molecular weight is 493 g/mol. The van der Waals surface area contributed by atoms with Crippen LogP contribution in [0, 0.1) is 11.6 Å². The van der Waals surface area contributed by atoms with E-state index in [9.17, 15) is 13.6 Å². The van der Waals surface area contributed by atoms with Gasteiger partial charge in [0, 0.05) is 35.8 Å². The summed E-state index contributed by atoms with van der Waals surface area (Å²) in [4.78, 5) is 11.8. The van der Waals surface area contributed by atoms with Gasteiger partial charge in [0.2, 0.25) is 0 Å². The SMILES string of the molecule is CCCOc1ccc2c(C=O)c(C(C)C)n(Cc3ccccc3)c2c1.CNCc1ccc(F)c(F)c1. The molecule has 0 aliphatic carbocycles. The first-order valence-electron chi connectivity index (χ1n) is 12.3. The van der Waals surface area contributed by atoms with E-state index in [4.69, 9.17) is 4.74 Å². The van der Waals surface area contributed by atoms with Gasteiger partial charge in [-0.2, -0.15) is 0 Å². The van der Waals surface area contributed by atoms with Crippen molar-refractivity contribution in [2.24, 2.45) is 0 Å². The van der Waals surface area contributed by atoms with Crippen molar-refractivity contribution < 1.29 is 18.3 Å². The third kappa shape index (κ3) is 6.58. The highest BCUT2D eigenvalue weighted by Gasteiger charge is 2.20. The molecule has 1 N–H and O–H groups in total. The number of hydrogen-bond donors (Lipinski definition) is 1. The maximum absolute atomic E-state index is 12.5. The van der Waals surface area contributed by atoms with Gasteiger partial charge in [0.05, 0.1) is 12.1 Å². The third-order valence-electron chi connectivity index (χ3n) is 5.80. The molecule has 0 bridgehead atoms. The zero-order valence-corrected chi connectivity index (χ0v) is 21.4. The van der Waals surface area contributed by atoms with Crippen LogP contribution in [0.2, 0.25) is 0 Å². The third-order valence-corrected chi connectivity index (χ3v) is 5.80. The van der Waals surface area contributed by atoms with E-state index < -0.39 is 11.6 Å². The highest BCUT2D eigenvalue weighted by molar-refractivity contribution is 6.00. The Bertz CT molecular complexity index is 1280. The normalized spacial score (nSPS) is 10.9. The molecule has 0 saturated heterocycles. The lowest BCUT2D eigenvalue weighted by molar-refractivity contribution is 0.112. The molecule has 0 fully saturated rings. The van der Waals surface area contributed by atoms with E-state index in [2.05, 4.69) is 48.9 Å². The van der Waals surface area contributed by atoms with Crippen LogP contribution in [-0.2, 0) is 13.1 Å². The highest BCUT2D eigenvalue weighted by Crippen LogP contribution is 2.33. The van der Waals surface area contributed by atoms with Crippen LogP contribution in [-0.4, -0.2) is 24.5 Å². The van der Waals surface area contributed by atoms with Crippen molar-refractivity contribution in [2.75, 3.05) is 13.7 Å². The van der Waals surface area contributed by atoms with Crippen LogP contribution in [0.15, 0.2) is 66.7 Å². The number of ether oxygens (including phenoxy) is 1. The van der Waals surface area contributed by atoms with Crippen molar-refractivity contribution in [3.63, 3.8) is 0 Å². The number of fused-ring (bicyclic) bond motifs is 1. The van der Waals surface area contributed by atoms with Crippen LogP contribution < -0.4 is 10.1 Å². The van der Waals surface area contributed by atoms with Crippen LogP contribution in [0.1, 0.15) is 60.3 Å². The number of carbonyl (C=O) groups excluding carboxylic acids is 1. The van der Waals surface area contributed by atoms with E-state index in [-0.39, 0.29) is 5.92 Å². The molecule has 0 radical (unpaired) electrons. The molecule has 0 spiro atoms. The number of nitrogens with one attached hydrogen (secondary N) is 1. The molecule has 0 aliphatic heterocycles. The van der Waals surface area contributed by atoms with Gasteiger partial charge in [0.15, 0.2) is 17.9 Å². The summed E-state index contributed by atoms with van der Waals surface area (Å²) in [5, 5.41) is 3.84. The van der Waals surface area contributed by atoms with E-state index in [1.165, 1.54) is 11.6 Å². The molecule has 4 nitrogen and oxygen atoms in total. The minimum Gasteiger partial charge on any atom is -0.494 e. The lowest BCUT2D eigenvalue weighted by Crippen LogP contribution is -2.07. The molecule has 36 heavy (non-hydrogen) atoms. The summed E-state index contributed by atoms with van der Waals surface area (Å²) in [6.07, 6.45) is 1.96. The van der Waals surface area contributed by atoms with Gasteiger partial charge in [-0.15, -0.1) is 0 Å². The predicted molar refractivity (Wildman–Crippen MR) is 142 cm³/mol. The Balaban J connectivity index is 0.000000275. The number of halogens is 2. The summed E-state index contributed by atoms with van der Waals surface area (Å²) in [7, 11) is 1.75. The average Bonchev–Trinajstić information content (AvgIpc) is 3.19. The van der Waals surface area contributed by atoms with Gasteiger partial charge in [0.1, 0.15) is 5.75 Å². The molecule has 1 aromatic heterocycles. The second kappa shape index (κ2) is 13.0. The minimum absolute atomic E-state index is 0.260. The van der Waals surface area contributed by atoms with E-state index in [0.29, 0.717) is 13.2 Å². The van der Waals surface area contributed by atoms with E-state index >= 15 is 0 Å². The second-order valence-corrected chi connectivity index (χ2v) is 8.95. The number of nitrogens with zero attached hydrogens (tertiary/aromatic N) is 1. The number of benzene rings is 3. The molecule has 4 aromatic rings. The molecule has 0 unspecified atom stereocenters. The summed E-state index contributed by atoms with van der Waals surface area (Å²) >= 11 is 0. The minimum atomic E-state index is -0.801. The molecule has 0 saturated carbocycles. The van der Waals surface area contributed by atoms with Gasteiger partial charge in [-0.05, 0) is 54.8 Å². The van der Waals surface area contributed by atoms with Crippen molar-refractivity contribution in [3.8, 4) is 5.75 Å². The molecule has 6 heteroatoms. The molecule has 190 valence electrons. The maximum Gasteiger partial charge on any atom is 0.159 e. The Kier molecular flexibility index (Phi) is 9.77. The molecule has 0 aliphatic rings.